The highest BCUT2D eigenvalue weighted by Crippen LogP contribution is 2.47. The molecule has 1 spiro atoms. The Bertz CT molecular complexity index is 494. The summed E-state index contributed by atoms with van der Waals surface area (Å²) in [6.45, 7) is 2.63. The van der Waals surface area contributed by atoms with Crippen LogP contribution >= 0.6 is 0 Å². The molecule has 0 amide bonds. The van der Waals surface area contributed by atoms with Gasteiger partial charge in [-0.3, -0.25) is 4.90 Å². The van der Waals surface area contributed by atoms with Crippen molar-refractivity contribution in [2.75, 3.05) is 20.1 Å². The number of fused-ring (bicyclic) bond motifs is 1. The molecule has 0 radical (unpaired) electrons. The van der Waals surface area contributed by atoms with Crippen LogP contribution in [0.3, 0.4) is 0 Å². The number of nitrogens with one attached hydrogen (secondary N) is 1. The lowest BCUT2D eigenvalue weighted by molar-refractivity contribution is 0.0663. The highest BCUT2D eigenvalue weighted by atomic mass is 15.2. The molecule has 1 heterocycles. The van der Waals surface area contributed by atoms with Crippen LogP contribution in [0, 0.1) is 5.41 Å². The lowest BCUT2D eigenvalue weighted by Crippen LogP contribution is -2.48. The first-order valence-electron chi connectivity index (χ1n) is 8.80. The quantitative estimate of drug-likeness (QED) is 0.894. The first-order chi connectivity index (χ1) is 10.3. The van der Waals surface area contributed by atoms with E-state index in [1.807, 2.05) is 0 Å². The van der Waals surface area contributed by atoms with E-state index in [2.05, 4.69) is 41.5 Å². The van der Waals surface area contributed by atoms with Gasteiger partial charge in [0.1, 0.15) is 0 Å². The Morgan fingerprint density at radius 1 is 1.05 bits per heavy atom. The monoisotopic (exact) mass is 284 g/mol. The van der Waals surface area contributed by atoms with Crippen molar-refractivity contribution >= 4 is 0 Å². The van der Waals surface area contributed by atoms with Crippen LogP contribution in [0.25, 0.3) is 0 Å². The maximum absolute atomic E-state index is 3.59. The smallest absolute Gasteiger partial charge is 0.0481 e. The van der Waals surface area contributed by atoms with Gasteiger partial charge in [-0.25, -0.2) is 0 Å². The summed E-state index contributed by atoms with van der Waals surface area (Å²) in [5.41, 5.74) is 3.83. The second kappa shape index (κ2) is 5.40. The van der Waals surface area contributed by atoms with Crippen molar-refractivity contribution in [2.24, 2.45) is 5.41 Å². The summed E-state index contributed by atoms with van der Waals surface area (Å²) in [4.78, 5) is 2.78. The predicted octanol–water partition coefficient (Wildman–Crippen LogP) is 3.53. The van der Waals surface area contributed by atoms with Crippen LogP contribution in [0.4, 0.5) is 0 Å². The Labute approximate surface area is 128 Å². The van der Waals surface area contributed by atoms with Gasteiger partial charge in [0.2, 0.25) is 0 Å². The number of benzene rings is 1. The van der Waals surface area contributed by atoms with E-state index in [9.17, 15) is 0 Å². The first-order valence-corrected chi connectivity index (χ1v) is 8.80. The Morgan fingerprint density at radius 3 is 2.48 bits per heavy atom. The summed E-state index contributed by atoms with van der Waals surface area (Å²) in [6, 6.07) is 10.2. The Morgan fingerprint density at radius 2 is 1.76 bits per heavy atom. The molecule has 1 aromatic rings. The molecule has 1 N–H and O–H groups in total. The SMILES string of the molecule is CNC1c2ccccc2CC1N1CCC2(CCCC2)CC1. The average Bonchev–Trinajstić information content (AvgIpc) is 3.12. The fourth-order valence-corrected chi connectivity index (χ4v) is 5.22. The lowest BCUT2D eigenvalue weighted by Gasteiger charge is -2.43. The number of piperidine rings is 1. The molecule has 1 saturated heterocycles. The molecule has 2 atom stereocenters. The summed E-state index contributed by atoms with van der Waals surface area (Å²) >= 11 is 0. The Hall–Kier alpha value is -0.860. The van der Waals surface area contributed by atoms with E-state index in [1.165, 1.54) is 63.6 Å². The predicted molar refractivity (Wildman–Crippen MR) is 87.4 cm³/mol. The minimum atomic E-state index is 0.527. The van der Waals surface area contributed by atoms with Gasteiger partial charge in [-0.2, -0.15) is 0 Å². The number of nitrogens with zero attached hydrogens (tertiary/aromatic N) is 1. The van der Waals surface area contributed by atoms with Gasteiger partial charge in [-0.05, 0) is 68.8 Å². The Kier molecular flexibility index (Phi) is 3.55. The van der Waals surface area contributed by atoms with E-state index >= 15 is 0 Å². The lowest BCUT2D eigenvalue weighted by atomic mass is 9.76. The number of likely N-dealkylation sites (tertiary alicyclic amines) is 1. The highest BCUT2D eigenvalue weighted by Gasteiger charge is 2.41. The summed E-state index contributed by atoms with van der Waals surface area (Å²) in [7, 11) is 2.13. The van der Waals surface area contributed by atoms with Crippen LogP contribution in [0.2, 0.25) is 0 Å². The molecular formula is C19H28N2. The second-order valence-electron chi connectivity index (χ2n) is 7.48. The van der Waals surface area contributed by atoms with Gasteiger partial charge in [0.25, 0.3) is 0 Å². The molecule has 21 heavy (non-hydrogen) atoms. The number of hydrogen-bond acceptors (Lipinski definition) is 2. The normalized spacial score (nSPS) is 31.7. The average molecular weight is 284 g/mol. The van der Waals surface area contributed by atoms with Gasteiger partial charge < -0.3 is 5.32 Å². The summed E-state index contributed by atoms with van der Waals surface area (Å²) in [5.74, 6) is 0. The third-order valence-electron chi connectivity index (χ3n) is 6.51. The molecule has 2 unspecified atom stereocenters. The van der Waals surface area contributed by atoms with E-state index in [1.54, 1.807) is 5.56 Å². The van der Waals surface area contributed by atoms with Gasteiger partial charge in [0.05, 0.1) is 0 Å². The van der Waals surface area contributed by atoms with E-state index in [-0.39, 0.29) is 0 Å². The van der Waals surface area contributed by atoms with Crippen LogP contribution in [0.15, 0.2) is 24.3 Å². The Balaban J connectivity index is 1.48. The zero-order chi connectivity index (χ0) is 14.3. The first kappa shape index (κ1) is 13.8. The second-order valence-corrected chi connectivity index (χ2v) is 7.48. The fourth-order valence-electron chi connectivity index (χ4n) is 5.22. The highest BCUT2D eigenvalue weighted by molar-refractivity contribution is 5.37. The molecule has 2 nitrogen and oxygen atoms in total. The van der Waals surface area contributed by atoms with Crippen LogP contribution in [-0.4, -0.2) is 31.1 Å². The van der Waals surface area contributed by atoms with Crippen molar-refractivity contribution < 1.29 is 0 Å². The molecule has 114 valence electrons. The van der Waals surface area contributed by atoms with Crippen LogP contribution < -0.4 is 5.32 Å². The molecule has 0 bridgehead atoms. The molecule has 1 aliphatic heterocycles. The molecule has 4 rings (SSSR count). The number of likely N-dealkylation sites (N-methyl/N-ethyl adjacent to an activating group) is 1. The topological polar surface area (TPSA) is 15.3 Å². The number of hydrogen-bond donors (Lipinski definition) is 1. The molecule has 3 aliphatic rings. The maximum atomic E-state index is 3.59. The van der Waals surface area contributed by atoms with Crippen molar-refractivity contribution in [3.05, 3.63) is 35.4 Å². The molecule has 1 aromatic carbocycles. The third kappa shape index (κ3) is 2.33. The summed E-state index contributed by atoms with van der Waals surface area (Å²) in [5, 5.41) is 3.59. The fraction of sp³-hybridized carbons (Fsp3) is 0.684. The minimum Gasteiger partial charge on any atom is -0.312 e. The molecule has 0 aromatic heterocycles. The van der Waals surface area contributed by atoms with Crippen molar-refractivity contribution in [2.45, 2.75) is 57.0 Å². The number of rotatable bonds is 2. The molecule has 2 fully saturated rings. The minimum absolute atomic E-state index is 0.527. The maximum Gasteiger partial charge on any atom is 0.0481 e. The van der Waals surface area contributed by atoms with Gasteiger partial charge >= 0.3 is 0 Å². The third-order valence-corrected chi connectivity index (χ3v) is 6.51. The van der Waals surface area contributed by atoms with Crippen molar-refractivity contribution in [1.29, 1.82) is 0 Å². The van der Waals surface area contributed by atoms with Crippen LogP contribution in [0.5, 0.6) is 0 Å². The standard InChI is InChI=1S/C19H28N2/c1-20-18-16-7-3-2-6-15(16)14-17(18)21-12-10-19(11-13-21)8-4-5-9-19/h2-3,6-7,17-18,20H,4-5,8-14H2,1H3. The summed E-state index contributed by atoms with van der Waals surface area (Å²) < 4.78 is 0. The molecule has 2 aliphatic carbocycles. The van der Waals surface area contributed by atoms with Crippen molar-refractivity contribution in [1.82, 2.24) is 10.2 Å². The van der Waals surface area contributed by atoms with Crippen LogP contribution in [-0.2, 0) is 6.42 Å². The van der Waals surface area contributed by atoms with Gasteiger partial charge in [0.15, 0.2) is 0 Å². The van der Waals surface area contributed by atoms with E-state index in [0.717, 1.165) is 5.41 Å². The van der Waals surface area contributed by atoms with Gasteiger partial charge in [0, 0.05) is 12.1 Å². The van der Waals surface area contributed by atoms with Crippen molar-refractivity contribution in [3.63, 3.8) is 0 Å². The van der Waals surface area contributed by atoms with Gasteiger partial charge in [-0.1, -0.05) is 37.1 Å². The van der Waals surface area contributed by atoms with E-state index < -0.39 is 0 Å². The van der Waals surface area contributed by atoms with Gasteiger partial charge in [-0.15, -0.1) is 0 Å². The summed E-state index contributed by atoms with van der Waals surface area (Å²) in [6.07, 6.45) is 10.1. The van der Waals surface area contributed by atoms with Crippen molar-refractivity contribution in [3.8, 4) is 0 Å². The van der Waals surface area contributed by atoms with E-state index in [0.29, 0.717) is 12.1 Å². The van der Waals surface area contributed by atoms with E-state index in [4.69, 9.17) is 0 Å². The molecule has 2 heteroatoms. The van der Waals surface area contributed by atoms with Crippen LogP contribution in [0.1, 0.15) is 55.7 Å². The largest absolute Gasteiger partial charge is 0.312 e. The molecular weight excluding hydrogens is 256 g/mol. The zero-order valence-electron chi connectivity index (χ0n) is 13.3. The zero-order valence-corrected chi connectivity index (χ0v) is 13.3. The molecule has 1 saturated carbocycles.